The molecule has 0 aliphatic heterocycles. The van der Waals surface area contributed by atoms with E-state index in [4.69, 9.17) is 9.84 Å². The standard InChI is InChI=1S/C18H17NO4/c1-2-23-16-8-4-6-14(12-16)18(22)19-15-7-3-5-13(11-15)9-10-17(20)21/h3-12H,2H2,1H3,(H,19,22)(H,20,21)/b10-9+. The first-order chi connectivity index (χ1) is 11.1. The molecule has 0 aliphatic carbocycles. The molecular weight excluding hydrogens is 294 g/mol. The van der Waals surface area contributed by atoms with Crippen LogP contribution in [0.15, 0.2) is 54.6 Å². The van der Waals surface area contributed by atoms with Crippen LogP contribution in [0.1, 0.15) is 22.8 Å². The molecule has 0 unspecified atom stereocenters. The zero-order chi connectivity index (χ0) is 16.7. The van der Waals surface area contributed by atoms with E-state index in [0.29, 0.717) is 29.2 Å². The van der Waals surface area contributed by atoms with Crippen LogP contribution >= 0.6 is 0 Å². The monoisotopic (exact) mass is 311 g/mol. The first kappa shape index (κ1) is 16.3. The van der Waals surface area contributed by atoms with Gasteiger partial charge in [-0.15, -0.1) is 0 Å². The predicted molar refractivity (Wildman–Crippen MR) is 88.7 cm³/mol. The number of rotatable bonds is 6. The molecule has 0 fully saturated rings. The average Bonchev–Trinajstić information content (AvgIpc) is 2.54. The molecule has 2 aromatic rings. The van der Waals surface area contributed by atoms with Gasteiger partial charge in [0, 0.05) is 17.3 Å². The fourth-order valence-electron chi connectivity index (χ4n) is 1.98. The number of carbonyl (C=O) groups is 2. The van der Waals surface area contributed by atoms with Gasteiger partial charge in [0.15, 0.2) is 0 Å². The van der Waals surface area contributed by atoms with Gasteiger partial charge in [-0.3, -0.25) is 4.79 Å². The second-order valence-electron chi connectivity index (χ2n) is 4.71. The molecule has 5 heteroatoms. The summed E-state index contributed by atoms with van der Waals surface area (Å²) >= 11 is 0. The Hall–Kier alpha value is -3.08. The van der Waals surface area contributed by atoms with Crippen LogP contribution in [0.4, 0.5) is 5.69 Å². The van der Waals surface area contributed by atoms with Crippen LogP contribution in [0.2, 0.25) is 0 Å². The van der Waals surface area contributed by atoms with E-state index in [9.17, 15) is 9.59 Å². The summed E-state index contributed by atoms with van der Waals surface area (Å²) in [7, 11) is 0. The zero-order valence-electron chi connectivity index (χ0n) is 12.7. The highest BCUT2D eigenvalue weighted by molar-refractivity contribution is 6.04. The molecule has 0 bridgehead atoms. The summed E-state index contributed by atoms with van der Waals surface area (Å²) in [5.74, 6) is -0.642. The Morgan fingerprint density at radius 3 is 2.70 bits per heavy atom. The van der Waals surface area contributed by atoms with E-state index in [1.165, 1.54) is 6.08 Å². The minimum absolute atomic E-state index is 0.258. The summed E-state index contributed by atoms with van der Waals surface area (Å²) in [6.07, 6.45) is 2.51. The van der Waals surface area contributed by atoms with Crippen LogP contribution in [-0.4, -0.2) is 23.6 Å². The Kier molecular flexibility index (Phi) is 5.52. The van der Waals surface area contributed by atoms with Crippen LogP contribution in [0.5, 0.6) is 5.75 Å². The van der Waals surface area contributed by atoms with Gasteiger partial charge in [-0.1, -0.05) is 18.2 Å². The molecule has 5 nitrogen and oxygen atoms in total. The van der Waals surface area contributed by atoms with Crippen molar-refractivity contribution in [1.29, 1.82) is 0 Å². The van der Waals surface area contributed by atoms with Crippen molar-refractivity contribution in [2.75, 3.05) is 11.9 Å². The molecule has 0 spiro atoms. The molecule has 0 aliphatic rings. The summed E-state index contributed by atoms with van der Waals surface area (Å²) in [6.45, 7) is 2.41. The van der Waals surface area contributed by atoms with Gasteiger partial charge in [0.1, 0.15) is 5.75 Å². The molecule has 0 atom stereocenters. The Morgan fingerprint density at radius 1 is 1.17 bits per heavy atom. The Balaban J connectivity index is 2.12. The van der Waals surface area contributed by atoms with Crippen molar-refractivity contribution in [1.82, 2.24) is 0 Å². The van der Waals surface area contributed by atoms with E-state index >= 15 is 0 Å². The molecule has 0 aromatic heterocycles. The number of carbonyl (C=O) groups excluding carboxylic acids is 1. The maximum Gasteiger partial charge on any atom is 0.328 e. The number of benzene rings is 2. The van der Waals surface area contributed by atoms with Crippen LogP contribution in [0.25, 0.3) is 6.08 Å². The van der Waals surface area contributed by atoms with Crippen LogP contribution in [0.3, 0.4) is 0 Å². The number of nitrogens with one attached hydrogen (secondary N) is 1. The van der Waals surface area contributed by atoms with Gasteiger partial charge >= 0.3 is 5.97 Å². The van der Waals surface area contributed by atoms with E-state index in [2.05, 4.69) is 5.32 Å². The fraction of sp³-hybridized carbons (Fsp3) is 0.111. The van der Waals surface area contributed by atoms with E-state index in [-0.39, 0.29) is 5.91 Å². The van der Waals surface area contributed by atoms with Crippen molar-refractivity contribution in [3.63, 3.8) is 0 Å². The number of amides is 1. The van der Waals surface area contributed by atoms with Gasteiger partial charge in [-0.05, 0) is 48.9 Å². The van der Waals surface area contributed by atoms with E-state index in [1.54, 1.807) is 48.5 Å². The van der Waals surface area contributed by atoms with Crippen molar-refractivity contribution >= 4 is 23.6 Å². The molecule has 2 aromatic carbocycles. The first-order valence-electron chi connectivity index (χ1n) is 7.14. The molecule has 1 amide bonds. The molecule has 0 saturated carbocycles. The SMILES string of the molecule is CCOc1cccc(C(=O)Nc2cccc(/C=C/C(=O)O)c2)c1. The molecule has 118 valence electrons. The summed E-state index contributed by atoms with van der Waals surface area (Å²) in [6, 6.07) is 13.9. The Morgan fingerprint density at radius 2 is 1.96 bits per heavy atom. The Bertz CT molecular complexity index is 737. The number of hydrogen-bond acceptors (Lipinski definition) is 3. The molecule has 0 saturated heterocycles. The molecule has 23 heavy (non-hydrogen) atoms. The quantitative estimate of drug-likeness (QED) is 0.801. The minimum atomic E-state index is -1.02. The molecule has 2 rings (SSSR count). The third kappa shape index (κ3) is 5.00. The second kappa shape index (κ2) is 7.79. The number of carboxylic acid groups (broad SMARTS) is 1. The number of hydrogen-bond donors (Lipinski definition) is 2. The van der Waals surface area contributed by atoms with Crippen molar-refractivity contribution in [2.24, 2.45) is 0 Å². The number of ether oxygens (including phenoxy) is 1. The highest BCUT2D eigenvalue weighted by Gasteiger charge is 2.07. The second-order valence-corrected chi connectivity index (χ2v) is 4.71. The maximum atomic E-state index is 12.3. The van der Waals surface area contributed by atoms with Crippen molar-refractivity contribution in [3.05, 3.63) is 65.7 Å². The van der Waals surface area contributed by atoms with Gasteiger partial charge in [0.2, 0.25) is 0 Å². The summed E-state index contributed by atoms with van der Waals surface area (Å²) in [4.78, 5) is 22.8. The van der Waals surface area contributed by atoms with Crippen LogP contribution < -0.4 is 10.1 Å². The fourth-order valence-corrected chi connectivity index (χ4v) is 1.98. The van der Waals surface area contributed by atoms with E-state index < -0.39 is 5.97 Å². The number of aliphatic carboxylic acids is 1. The lowest BCUT2D eigenvalue weighted by atomic mass is 10.1. The molecular formula is C18H17NO4. The molecule has 2 N–H and O–H groups in total. The summed E-state index contributed by atoms with van der Waals surface area (Å²) in [5, 5.41) is 11.4. The minimum Gasteiger partial charge on any atom is -0.494 e. The largest absolute Gasteiger partial charge is 0.494 e. The Labute approximate surface area is 134 Å². The van der Waals surface area contributed by atoms with Gasteiger partial charge in [0.25, 0.3) is 5.91 Å². The lowest BCUT2D eigenvalue weighted by Crippen LogP contribution is -2.12. The normalized spacial score (nSPS) is 10.5. The van der Waals surface area contributed by atoms with E-state index in [0.717, 1.165) is 6.08 Å². The van der Waals surface area contributed by atoms with Crippen LogP contribution in [-0.2, 0) is 4.79 Å². The third-order valence-electron chi connectivity index (χ3n) is 2.97. The number of anilines is 1. The van der Waals surface area contributed by atoms with Crippen molar-refractivity contribution in [2.45, 2.75) is 6.92 Å². The lowest BCUT2D eigenvalue weighted by Gasteiger charge is -2.08. The van der Waals surface area contributed by atoms with Gasteiger partial charge in [-0.25, -0.2) is 4.79 Å². The third-order valence-corrected chi connectivity index (χ3v) is 2.97. The topological polar surface area (TPSA) is 75.6 Å². The first-order valence-corrected chi connectivity index (χ1v) is 7.14. The predicted octanol–water partition coefficient (Wildman–Crippen LogP) is 3.44. The van der Waals surface area contributed by atoms with Crippen LogP contribution in [0, 0.1) is 0 Å². The van der Waals surface area contributed by atoms with Gasteiger partial charge in [0.05, 0.1) is 6.61 Å². The smallest absolute Gasteiger partial charge is 0.328 e. The maximum absolute atomic E-state index is 12.3. The highest BCUT2D eigenvalue weighted by atomic mass is 16.5. The highest BCUT2D eigenvalue weighted by Crippen LogP contribution is 2.16. The average molecular weight is 311 g/mol. The van der Waals surface area contributed by atoms with Crippen molar-refractivity contribution < 1.29 is 19.4 Å². The van der Waals surface area contributed by atoms with E-state index in [1.807, 2.05) is 6.92 Å². The summed E-state index contributed by atoms with van der Waals surface area (Å²) < 4.78 is 5.38. The van der Waals surface area contributed by atoms with Gasteiger partial charge < -0.3 is 15.2 Å². The molecule has 0 heterocycles. The van der Waals surface area contributed by atoms with Gasteiger partial charge in [-0.2, -0.15) is 0 Å². The summed E-state index contributed by atoms with van der Waals surface area (Å²) in [5.41, 5.74) is 1.76. The zero-order valence-corrected chi connectivity index (χ0v) is 12.7. The molecule has 0 radical (unpaired) electrons. The van der Waals surface area contributed by atoms with Crippen molar-refractivity contribution in [3.8, 4) is 5.75 Å². The lowest BCUT2D eigenvalue weighted by molar-refractivity contribution is -0.131. The number of carboxylic acids is 1.